The van der Waals surface area contributed by atoms with Crippen LogP contribution in [0.3, 0.4) is 0 Å². The Morgan fingerprint density at radius 3 is 2.89 bits per heavy atom. The number of thiophene rings is 1. The zero-order chi connectivity index (χ0) is 19.1. The molecular weight excluding hydrogens is 374 g/mol. The first-order valence-electron chi connectivity index (χ1n) is 8.69. The number of aryl methyl sites for hydroxylation is 1. The van der Waals surface area contributed by atoms with Gasteiger partial charge in [0.15, 0.2) is 0 Å². The lowest BCUT2D eigenvalue weighted by Gasteiger charge is -2.09. The highest BCUT2D eigenvalue weighted by Crippen LogP contribution is 2.36. The Labute approximate surface area is 163 Å². The number of hydrogen-bond donors (Lipinski definition) is 0. The van der Waals surface area contributed by atoms with E-state index in [4.69, 9.17) is 9.15 Å². The Morgan fingerprint density at radius 2 is 2.04 bits per heavy atom. The van der Waals surface area contributed by atoms with Crippen LogP contribution >= 0.6 is 11.3 Å². The number of fused-ring (bicyclic) bond motifs is 2. The van der Waals surface area contributed by atoms with Crippen LogP contribution in [0.4, 0.5) is 0 Å². The Hall–Kier alpha value is -3.45. The summed E-state index contributed by atoms with van der Waals surface area (Å²) in [5.74, 6) is 0.436. The maximum atomic E-state index is 12.8. The first-order valence-corrected chi connectivity index (χ1v) is 9.57. The first-order chi connectivity index (χ1) is 13.7. The molecule has 0 atom stereocenters. The van der Waals surface area contributed by atoms with Gasteiger partial charge in [0.25, 0.3) is 5.56 Å². The van der Waals surface area contributed by atoms with Gasteiger partial charge in [0.2, 0.25) is 5.88 Å². The SMILES string of the molecule is Cn1nc(OCc2cccc3ccoc23)c2scc(-c3ccncc3)c2c1=O. The van der Waals surface area contributed by atoms with E-state index in [0.29, 0.717) is 17.9 Å². The van der Waals surface area contributed by atoms with Crippen molar-refractivity contribution in [1.29, 1.82) is 0 Å². The normalized spacial score (nSPS) is 11.3. The van der Waals surface area contributed by atoms with Crippen LogP contribution in [0.25, 0.3) is 32.2 Å². The van der Waals surface area contributed by atoms with Gasteiger partial charge in [0.1, 0.15) is 16.9 Å². The fraction of sp³-hybridized carbons (Fsp3) is 0.0952. The third kappa shape index (κ3) is 2.68. The van der Waals surface area contributed by atoms with E-state index in [0.717, 1.165) is 32.4 Å². The monoisotopic (exact) mass is 389 g/mol. The molecule has 7 heteroatoms. The lowest BCUT2D eigenvalue weighted by molar-refractivity contribution is 0.290. The van der Waals surface area contributed by atoms with Gasteiger partial charge in [-0.05, 0) is 23.8 Å². The minimum absolute atomic E-state index is 0.149. The number of benzene rings is 1. The van der Waals surface area contributed by atoms with Gasteiger partial charge in [-0.25, -0.2) is 4.68 Å². The van der Waals surface area contributed by atoms with Crippen molar-refractivity contribution in [2.75, 3.05) is 0 Å². The number of nitrogens with zero attached hydrogens (tertiary/aromatic N) is 3. The summed E-state index contributed by atoms with van der Waals surface area (Å²) in [6.45, 7) is 0.299. The number of hydrogen-bond acceptors (Lipinski definition) is 6. The molecule has 0 aliphatic carbocycles. The number of ether oxygens (including phenoxy) is 1. The molecule has 0 aliphatic rings. The van der Waals surface area contributed by atoms with Gasteiger partial charge in [-0.1, -0.05) is 18.2 Å². The maximum absolute atomic E-state index is 12.8. The molecule has 1 aromatic carbocycles. The van der Waals surface area contributed by atoms with Crippen molar-refractivity contribution in [3.05, 3.63) is 76.4 Å². The topological polar surface area (TPSA) is 70.2 Å². The molecule has 5 rings (SSSR count). The van der Waals surface area contributed by atoms with Crippen molar-refractivity contribution in [3.8, 4) is 17.0 Å². The summed E-state index contributed by atoms with van der Waals surface area (Å²) in [6, 6.07) is 11.6. The smallest absolute Gasteiger partial charge is 0.276 e. The molecule has 4 heterocycles. The van der Waals surface area contributed by atoms with Crippen LogP contribution in [-0.2, 0) is 13.7 Å². The largest absolute Gasteiger partial charge is 0.471 e. The van der Waals surface area contributed by atoms with Crippen molar-refractivity contribution in [3.63, 3.8) is 0 Å². The number of aromatic nitrogens is 3. The summed E-state index contributed by atoms with van der Waals surface area (Å²) in [4.78, 5) is 16.8. The highest BCUT2D eigenvalue weighted by molar-refractivity contribution is 7.18. The highest BCUT2D eigenvalue weighted by Gasteiger charge is 2.18. The van der Waals surface area contributed by atoms with E-state index < -0.39 is 0 Å². The number of pyridine rings is 1. The second-order valence-electron chi connectivity index (χ2n) is 6.37. The summed E-state index contributed by atoms with van der Waals surface area (Å²) < 4.78 is 13.7. The molecule has 5 aromatic rings. The van der Waals surface area contributed by atoms with E-state index in [1.54, 1.807) is 25.7 Å². The lowest BCUT2D eigenvalue weighted by atomic mass is 10.1. The van der Waals surface area contributed by atoms with Crippen LogP contribution in [0.1, 0.15) is 5.56 Å². The molecule has 0 fully saturated rings. The van der Waals surface area contributed by atoms with Crippen molar-refractivity contribution < 1.29 is 9.15 Å². The van der Waals surface area contributed by atoms with Gasteiger partial charge in [-0.2, -0.15) is 0 Å². The predicted octanol–water partition coefficient (Wildman–Crippen LogP) is 4.38. The fourth-order valence-corrected chi connectivity index (χ4v) is 4.27. The van der Waals surface area contributed by atoms with Gasteiger partial charge in [0.05, 0.1) is 11.6 Å². The molecule has 138 valence electrons. The fourth-order valence-electron chi connectivity index (χ4n) is 3.27. The molecule has 4 aromatic heterocycles. The van der Waals surface area contributed by atoms with E-state index in [9.17, 15) is 4.79 Å². The molecule has 0 spiro atoms. The minimum Gasteiger partial charge on any atom is -0.471 e. The van der Waals surface area contributed by atoms with Crippen molar-refractivity contribution >= 4 is 32.4 Å². The summed E-state index contributed by atoms with van der Waals surface area (Å²) in [5, 5.41) is 7.94. The van der Waals surface area contributed by atoms with Gasteiger partial charge in [-0.3, -0.25) is 9.78 Å². The molecule has 0 saturated carbocycles. The quantitative estimate of drug-likeness (QED) is 0.456. The van der Waals surface area contributed by atoms with Gasteiger partial charge < -0.3 is 9.15 Å². The molecule has 0 amide bonds. The minimum atomic E-state index is -0.149. The molecule has 0 saturated heterocycles. The Bertz CT molecular complexity index is 1350. The second-order valence-corrected chi connectivity index (χ2v) is 7.25. The summed E-state index contributed by atoms with van der Waals surface area (Å²) in [5.41, 5.74) is 3.38. The molecular formula is C21H15N3O3S. The van der Waals surface area contributed by atoms with Crippen LogP contribution in [0.15, 0.2) is 69.6 Å². The zero-order valence-corrected chi connectivity index (χ0v) is 15.8. The van der Waals surface area contributed by atoms with Crippen LogP contribution in [0.5, 0.6) is 5.88 Å². The van der Waals surface area contributed by atoms with Gasteiger partial charge in [0, 0.05) is 41.3 Å². The van der Waals surface area contributed by atoms with Crippen molar-refractivity contribution in [1.82, 2.24) is 14.8 Å². The Balaban J connectivity index is 1.59. The van der Waals surface area contributed by atoms with Crippen LogP contribution in [-0.4, -0.2) is 14.8 Å². The standard InChI is InChI=1S/C21H15N3O3S/c1-24-21(25)17-16(13-5-8-22-9-6-13)12-28-19(17)20(23-24)27-11-15-4-2-3-14-7-10-26-18(14)15/h2-10,12H,11H2,1H3. The van der Waals surface area contributed by atoms with Gasteiger partial charge in [-0.15, -0.1) is 16.4 Å². The molecule has 0 N–H and O–H groups in total. The Morgan fingerprint density at radius 1 is 1.18 bits per heavy atom. The molecule has 0 unspecified atom stereocenters. The number of rotatable bonds is 4. The van der Waals surface area contributed by atoms with Crippen molar-refractivity contribution in [2.45, 2.75) is 6.61 Å². The van der Waals surface area contributed by atoms with Crippen molar-refractivity contribution in [2.24, 2.45) is 7.05 Å². The van der Waals surface area contributed by atoms with E-state index >= 15 is 0 Å². The first kappa shape index (κ1) is 16.7. The summed E-state index contributed by atoms with van der Waals surface area (Å²) in [6.07, 6.45) is 5.09. The number of furan rings is 1. The van der Waals surface area contributed by atoms with E-state index in [1.165, 1.54) is 16.0 Å². The predicted molar refractivity (Wildman–Crippen MR) is 109 cm³/mol. The zero-order valence-electron chi connectivity index (χ0n) is 15.0. The third-order valence-corrected chi connectivity index (χ3v) is 5.62. The van der Waals surface area contributed by atoms with E-state index in [2.05, 4.69) is 10.1 Å². The molecule has 6 nitrogen and oxygen atoms in total. The van der Waals surface area contributed by atoms with Crippen LogP contribution in [0.2, 0.25) is 0 Å². The summed E-state index contributed by atoms with van der Waals surface area (Å²) >= 11 is 1.45. The molecule has 28 heavy (non-hydrogen) atoms. The third-order valence-electron chi connectivity index (χ3n) is 4.65. The van der Waals surface area contributed by atoms with Crippen LogP contribution < -0.4 is 10.3 Å². The average Bonchev–Trinajstić information content (AvgIpc) is 3.38. The molecule has 0 bridgehead atoms. The molecule has 0 aliphatic heterocycles. The molecule has 0 radical (unpaired) electrons. The Kier molecular flexibility index (Phi) is 3.95. The van der Waals surface area contributed by atoms with E-state index in [1.807, 2.05) is 41.8 Å². The summed E-state index contributed by atoms with van der Waals surface area (Å²) in [7, 11) is 1.63. The van der Waals surface area contributed by atoms with Gasteiger partial charge >= 0.3 is 0 Å². The average molecular weight is 389 g/mol. The van der Waals surface area contributed by atoms with E-state index in [-0.39, 0.29) is 5.56 Å². The highest BCUT2D eigenvalue weighted by atomic mass is 32.1. The maximum Gasteiger partial charge on any atom is 0.276 e. The lowest BCUT2D eigenvalue weighted by Crippen LogP contribution is -2.20. The van der Waals surface area contributed by atoms with Crippen LogP contribution in [0, 0.1) is 0 Å². The second kappa shape index (κ2) is 6.61. The number of para-hydroxylation sites is 1.